The van der Waals surface area contributed by atoms with Crippen molar-refractivity contribution in [1.82, 2.24) is 0 Å². The molecule has 0 aliphatic heterocycles. The molecule has 2 aliphatic carbocycles. The van der Waals surface area contributed by atoms with Gasteiger partial charge >= 0.3 is 169 Å². The molecule has 4 aromatic carbocycles. The Kier molecular flexibility index (Phi) is 3.51. The second kappa shape index (κ2) is 6.06. The summed E-state index contributed by atoms with van der Waals surface area (Å²) in [6.07, 6.45) is 2.20. The van der Waals surface area contributed by atoms with E-state index in [9.17, 15) is 0 Å². The molecule has 0 aromatic heterocycles. The van der Waals surface area contributed by atoms with Gasteiger partial charge in [0.1, 0.15) is 0 Å². The first kappa shape index (κ1) is 15.6. The van der Waals surface area contributed by atoms with Crippen molar-refractivity contribution in [3.63, 3.8) is 0 Å². The van der Waals surface area contributed by atoms with E-state index in [2.05, 4.69) is 84.9 Å². The van der Waals surface area contributed by atoms with E-state index in [1.807, 2.05) is 0 Å². The van der Waals surface area contributed by atoms with Gasteiger partial charge in [-0.15, -0.1) is 0 Å². The van der Waals surface area contributed by atoms with Crippen molar-refractivity contribution < 1.29 is 22.0 Å². The van der Waals surface area contributed by atoms with Gasteiger partial charge in [0.05, 0.1) is 0 Å². The summed E-state index contributed by atoms with van der Waals surface area (Å²) in [4.78, 5) is 0. The van der Waals surface area contributed by atoms with E-state index in [-0.39, 0.29) is 22.0 Å². The van der Waals surface area contributed by atoms with Crippen molar-refractivity contribution in [1.29, 1.82) is 0 Å². The first-order valence-corrected chi connectivity index (χ1v) is 11.1. The van der Waals surface area contributed by atoms with Crippen LogP contribution in [0.4, 0.5) is 0 Å². The molecule has 6 rings (SSSR count). The molecule has 0 saturated carbocycles. The molecule has 4 aromatic rings. The Hall–Kier alpha value is -2.41. The van der Waals surface area contributed by atoms with E-state index < -0.39 is 0 Å². The van der Waals surface area contributed by atoms with E-state index >= 15 is 0 Å². The van der Waals surface area contributed by atoms with Crippen molar-refractivity contribution in [3.05, 3.63) is 107 Å². The topological polar surface area (TPSA) is 0 Å². The Labute approximate surface area is 171 Å². The number of hydrogen-bond acceptors (Lipinski definition) is 0. The zero-order chi connectivity index (χ0) is 17.8. The summed E-state index contributed by atoms with van der Waals surface area (Å²) in [6, 6.07) is 31.7. The van der Waals surface area contributed by atoms with Gasteiger partial charge < -0.3 is 2.85 Å². The van der Waals surface area contributed by atoms with Crippen LogP contribution in [0.15, 0.2) is 84.9 Å². The third-order valence-electron chi connectivity index (χ3n) is 5.97. The molecule has 0 heterocycles. The SMILES string of the molecule is [H-].[H-].c1ccc2c(c1)Cc1[c]([Ti+2][c]3cccc4c3Cc3ccccc3-4)cccc1-2. The van der Waals surface area contributed by atoms with E-state index in [4.69, 9.17) is 0 Å². The quantitative estimate of drug-likeness (QED) is 0.367. The van der Waals surface area contributed by atoms with Crippen LogP contribution in [0.25, 0.3) is 22.3 Å². The molecule has 0 atom stereocenters. The van der Waals surface area contributed by atoms with E-state index in [0.717, 1.165) is 12.8 Å². The Morgan fingerprint density at radius 2 is 0.926 bits per heavy atom. The fourth-order valence-corrected chi connectivity index (χ4v) is 6.88. The second-order valence-corrected chi connectivity index (χ2v) is 9.53. The van der Waals surface area contributed by atoms with Crippen LogP contribution in [0.2, 0.25) is 0 Å². The van der Waals surface area contributed by atoms with Gasteiger partial charge in [0.25, 0.3) is 0 Å². The molecule has 128 valence electrons. The van der Waals surface area contributed by atoms with Crippen molar-refractivity contribution >= 4 is 7.74 Å². The Balaban J connectivity index is 0.00000102. The fraction of sp³-hybridized carbons (Fsp3) is 0.0769. The molecule has 2 aliphatic rings. The molecule has 0 fully saturated rings. The number of fused-ring (bicyclic) bond motifs is 6. The van der Waals surface area contributed by atoms with Gasteiger partial charge in [-0.3, -0.25) is 0 Å². The van der Waals surface area contributed by atoms with Crippen LogP contribution in [0.5, 0.6) is 0 Å². The number of benzene rings is 4. The van der Waals surface area contributed by atoms with Crippen LogP contribution in [0, 0.1) is 0 Å². The standard InChI is InChI=1S/2C13H9.Ti.2H/c2*1-3-7-12-10(5-1)9-11-6-2-4-8-13(11)12;;;/h2*1-5,7-8H,9H2;;;/q;;+2;2*-1. The van der Waals surface area contributed by atoms with Crippen LogP contribution in [0.3, 0.4) is 0 Å². The van der Waals surface area contributed by atoms with Gasteiger partial charge in [-0.05, 0) is 0 Å². The average molecular weight is 380 g/mol. The Bertz CT molecular complexity index is 1120. The van der Waals surface area contributed by atoms with Gasteiger partial charge in [0, 0.05) is 0 Å². The van der Waals surface area contributed by atoms with Gasteiger partial charge in [-0.2, -0.15) is 0 Å². The van der Waals surface area contributed by atoms with Crippen LogP contribution < -0.4 is 7.74 Å². The summed E-state index contributed by atoms with van der Waals surface area (Å²) < 4.78 is 3.21. The van der Waals surface area contributed by atoms with E-state index in [1.54, 1.807) is 18.9 Å². The fourth-order valence-electron chi connectivity index (χ4n) is 4.69. The summed E-state index contributed by atoms with van der Waals surface area (Å²) in [5, 5.41) is 0. The van der Waals surface area contributed by atoms with Crippen LogP contribution >= 0.6 is 0 Å². The van der Waals surface area contributed by atoms with Gasteiger partial charge in [0.2, 0.25) is 0 Å². The van der Waals surface area contributed by atoms with E-state index in [1.165, 1.54) is 33.4 Å². The number of hydrogen-bond donors (Lipinski definition) is 0. The summed E-state index contributed by atoms with van der Waals surface area (Å²) in [6.45, 7) is 0. The predicted octanol–water partition coefficient (Wildman–Crippen LogP) is 5.09. The maximum atomic E-state index is 2.38. The zero-order valence-electron chi connectivity index (χ0n) is 17.0. The molecule has 0 radical (unpaired) electrons. The predicted molar refractivity (Wildman–Crippen MR) is 111 cm³/mol. The molecule has 0 unspecified atom stereocenters. The minimum atomic E-state index is -0.354. The van der Waals surface area contributed by atoms with Crippen LogP contribution in [0.1, 0.15) is 25.1 Å². The summed E-state index contributed by atoms with van der Waals surface area (Å²) in [5.41, 5.74) is 11.9. The molecule has 1 heteroatoms. The van der Waals surface area contributed by atoms with Crippen molar-refractivity contribution in [2.75, 3.05) is 0 Å². The average Bonchev–Trinajstić information content (AvgIpc) is 3.28. The third kappa shape index (κ3) is 2.41. The van der Waals surface area contributed by atoms with Crippen molar-refractivity contribution in [2.45, 2.75) is 12.8 Å². The second-order valence-electron chi connectivity index (χ2n) is 7.46. The summed E-state index contributed by atoms with van der Waals surface area (Å²) in [7, 11) is 0. The van der Waals surface area contributed by atoms with Gasteiger partial charge in [-0.1, -0.05) is 0 Å². The molecule has 0 nitrogen and oxygen atoms in total. The first-order valence-electron chi connectivity index (χ1n) is 9.56. The van der Waals surface area contributed by atoms with Crippen molar-refractivity contribution in [3.8, 4) is 22.3 Å². The monoisotopic (exact) mass is 380 g/mol. The molecule has 0 N–H and O–H groups in total. The molecule has 0 spiro atoms. The summed E-state index contributed by atoms with van der Waals surface area (Å²) >= 11 is -0.354. The minimum absolute atomic E-state index is 0. The number of rotatable bonds is 2. The Morgan fingerprint density at radius 1 is 0.481 bits per heavy atom. The van der Waals surface area contributed by atoms with E-state index in [0.29, 0.717) is 0 Å². The molecule has 27 heavy (non-hydrogen) atoms. The zero-order valence-corrected chi connectivity index (χ0v) is 16.6. The van der Waals surface area contributed by atoms with Crippen molar-refractivity contribution in [2.24, 2.45) is 0 Å². The molecule has 0 amide bonds. The molecule has 0 saturated heterocycles. The Morgan fingerprint density at radius 3 is 1.44 bits per heavy atom. The van der Waals surface area contributed by atoms with Gasteiger partial charge in [-0.25, -0.2) is 0 Å². The first-order chi connectivity index (χ1) is 13.4. The van der Waals surface area contributed by atoms with Crippen LogP contribution in [-0.2, 0) is 32.0 Å². The maximum absolute atomic E-state index is 2.38. The normalized spacial score (nSPS) is 12.7. The molecule has 0 bridgehead atoms. The van der Waals surface area contributed by atoms with Gasteiger partial charge in [0.15, 0.2) is 0 Å². The molecular weight excluding hydrogens is 360 g/mol. The molecular formula is C26H20Ti. The summed E-state index contributed by atoms with van der Waals surface area (Å²) in [5.74, 6) is 0. The van der Waals surface area contributed by atoms with Crippen LogP contribution in [-0.4, -0.2) is 0 Å². The third-order valence-corrected chi connectivity index (χ3v) is 8.28.